The zero-order chi connectivity index (χ0) is 24.1. The van der Waals surface area contributed by atoms with Crippen molar-refractivity contribution >= 4 is 11.9 Å². The number of aliphatic hydroxyl groups is 1. The zero-order valence-electron chi connectivity index (χ0n) is 20.8. The molecule has 1 aromatic rings. The van der Waals surface area contributed by atoms with Crippen molar-refractivity contribution in [3.63, 3.8) is 0 Å². The number of carbonyl (C=O) groups excluding carboxylic acids is 2. The number of imide groups is 1. The molecule has 0 bridgehead atoms. The van der Waals surface area contributed by atoms with E-state index in [0.717, 1.165) is 36.4 Å². The normalized spacial score (nSPS) is 36.8. The standard InChI is InChI=1S/C27H39N3O4/c1-18-9-10-21(34-3)15-22(18)25-13-14-30(16-20-7-5-4-6-8-20)19(2)27(25,33)12-11-26(17-25)23(31)28-24(32)29-26/h9-10,15,19-20,33H,4-8,11-14,16-17H2,1-3H3,(H2,28,29,31,32)/t19-,25-,26+,27-/m1/s1. The number of hydrogen-bond acceptors (Lipinski definition) is 5. The molecule has 2 aliphatic carbocycles. The maximum Gasteiger partial charge on any atom is 0.322 e. The van der Waals surface area contributed by atoms with Gasteiger partial charge in [-0.1, -0.05) is 25.3 Å². The van der Waals surface area contributed by atoms with Crippen LogP contribution in [0.5, 0.6) is 5.75 Å². The molecule has 2 saturated heterocycles. The molecule has 0 unspecified atom stereocenters. The second-order valence-electron chi connectivity index (χ2n) is 11.3. The molecule has 4 aliphatic rings. The summed E-state index contributed by atoms with van der Waals surface area (Å²) in [7, 11) is 1.65. The first-order valence-electron chi connectivity index (χ1n) is 13.0. The molecule has 186 valence electrons. The van der Waals surface area contributed by atoms with Gasteiger partial charge in [0.25, 0.3) is 5.91 Å². The molecule has 1 aromatic carbocycles. The third kappa shape index (κ3) is 3.54. The first kappa shape index (κ1) is 23.6. The molecule has 2 aliphatic heterocycles. The summed E-state index contributed by atoms with van der Waals surface area (Å²) in [5.41, 5.74) is -0.554. The van der Waals surface area contributed by atoms with Crippen LogP contribution in [0.2, 0.25) is 0 Å². The minimum absolute atomic E-state index is 0.0497. The smallest absolute Gasteiger partial charge is 0.322 e. The first-order chi connectivity index (χ1) is 16.2. The van der Waals surface area contributed by atoms with Gasteiger partial charge in [-0.2, -0.15) is 0 Å². The van der Waals surface area contributed by atoms with Crippen LogP contribution in [-0.2, 0) is 10.2 Å². The minimum Gasteiger partial charge on any atom is -0.497 e. The van der Waals surface area contributed by atoms with Crippen molar-refractivity contribution in [3.05, 3.63) is 29.3 Å². The second kappa shape index (κ2) is 8.52. The van der Waals surface area contributed by atoms with Crippen LogP contribution in [0, 0.1) is 12.8 Å². The molecule has 4 atom stereocenters. The lowest BCUT2D eigenvalue weighted by Gasteiger charge is -2.63. The Labute approximate surface area is 202 Å². The number of amides is 3. The molecule has 3 N–H and O–H groups in total. The number of hydrogen-bond donors (Lipinski definition) is 3. The number of benzene rings is 1. The van der Waals surface area contributed by atoms with Gasteiger partial charge >= 0.3 is 6.03 Å². The first-order valence-corrected chi connectivity index (χ1v) is 13.0. The summed E-state index contributed by atoms with van der Waals surface area (Å²) < 4.78 is 5.57. The molecule has 5 rings (SSSR count). The lowest BCUT2D eigenvalue weighted by atomic mass is 9.49. The highest BCUT2D eigenvalue weighted by molar-refractivity contribution is 6.07. The summed E-state index contributed by atoms with van der Waals surface area (Å²) in [6.45, 7) is 6.12. The number of urea groups is 1. The van der Waals surface area contributed by atoms with Crippen molar-refractivity contribution in [3.8, 4) is 5.75 Å². The van der Waals surface area contributed by atoms with Crippen LogP contribution >= 0.6 is 0 Å². The molecule has 0 aromatic heterocycles. The average molecular weight is 470 g/mol. The highest BCUT2D eigenvalue weighted by Gasteiger charge is 2.67. The van der Waals surface area contributed by atoms with Crippen molar-refractivity contribution in [1.29, 1.82) is 0 Å². The van der Waals surface area contributed by atoms with E-state index >= 15 is 0 Å². The van der Waals surface area contributed by atoms with E-state index in [1.54, 1.807) is 7.11 Å². The Balaban J connectivity index is 1.56. The number of aryl methyl sites for hydroxylation is 1. The Hall–Kier alpha value is -2.12. The number of ether oxygens (including phenoxy) is 1. The van der Waals surface area contributed by atoms with Crippen LogP contribution in [0.3, 0.4) is 0 Å². The van der Waals surface area contributed by atoms with Gasteiger partial charge in [0.05, 0.1) is 12.7 Å². The Bertz CT molecular complexity index is 977. The lowest BCUT2D eigenvalue weighted by molar-refractivity contribution is -0.172. The summed E-state index contributed by atoms with van der Waals surface area (Å²) in [6, 6.07) is 5.54. The number of nitrogens with one attached hydrogen (secondary N) is 2. The molecule has 2 heterocycles. The highest BCUT2D eigenvalue weighted by Crippen LogP contribution is 2.58. The van der Waals surface area contributed by atoms with Gasteiger partial charge in [0, 0.05) is 18.0 Å². The van der Waals surface area contributed by atoms with Gasteiger partial charge in [0.1, 0.15) is 11.3 Å². The van der Waals surface area contributed by atoms with Gasteiger partial charge in [-0.05, 0) is 88.1 Å². The van der Waals surface area contributed by atoms with E-state index in [1.807, 2.05) is 18.2 Å². The van der Waals surface area contributed by atoms with Crippen molar-refractivity contribution in [1.82, 2.24) is 15.5 Å². The molecular formula is C27H39N3O4. The Morgan fingerprint density at radius 1 is 1.15 bits per heavy atom. The molecule has 7 nitrogen and oxygen atoms in total. The molecule has 4 fully saturated rings. The van der Waals surface area contributed by atoms with E-state index in [4.69, 9.17) is 4.74 Å². The number of likely N-dealkylation sites (tertiary alicyclic amines) is 1. The molecule has 0 radical (unpaired) electrons. The van der Waals surface area contributed by atoms with Gasteiger partial charge in [-0.15, -0.1) is 0 Å². The molecule has 3 amide bonds. The Morgan fingerprint density at radius 2 is 1.91 bits per heavy atom. The van der Waals surface area contributed by atoms with Crippen LogP contribution in [0.25, 0.3) is 0 Å². The SMILES string of the molecule is COc1ccc(C)c([C@]23CCN(CC4CCCCC4)[C@H](C)[C@]2(O)CC[C@@]2(C3)NC(=O)NC2=O)c1. The summed E-state index contributed by atoms with van der Waals surface area (Å²) in [6.07, 6.45) is 8.53. The molecule has 34 heavy (non-hydrogen) atoms. The molecule has 2 saturated carbocycles. The fourth-order valence-electron chi connectivity index (χ4n) is 7.63. The predicted octanol–water partition coefficient (Wildman–Crippen LogP) is 3.41. The summed E-state index contributed by atoms with van der Waals surface area (Å²) in [5.74, 6) is 1.17. The van der Waals surface area contributed by atoms with Gasteiger partial charge in [-0.3, -0.25) is 15.0 Å². The predicted molar refractivity (Wildman–Crippen MR) is 130 cm³/mol. The fourth-order valence-corrected chi connectivity index (χ4v) is 7.63. The van der Waals surface area contributed by atoms with Gasteiger partial charge in [0.2, 0.25) is 0 Å². The number of piperidine rings is 1. The third-order valence-electron chi connectivity index (χ3n) is 9.62. The van der Waals surface area contributed by atoms with Crippen LogP contribution in [0.4, 0.5) is 4.79 Å². The largest absolute Gasteiger partial charge is 0.497 e. The maximum absolute atomic E-state index is 13.0. The van der Waals surface area contributed by atoms with E-state index in [1.165, 1.54) is 32.1 Å². The van der Waals surface area contributed by atoms with E-state index in [0.29, 0.717) is 25.2 Å². The monoisotopic (exact) mass is 469 g/mol. The van der Waals surface area contributed by atoms with E-state index in [2.05, 4.69) is 29.4 Å². The number of fused-ring (bicyclic) bond motifs is 1. The third-order valence-corrected chi connectivity index (χ3v) is 9.62. The summed E-state index contributed by atoms with van der Waals surface area (Å²) in [5, 5.41) is 18.0. The second-order valence-corrected chi connectivity index (χ2v) is 11.3. The number of rotatable bonds is 4. The van der Waals surface area contributed by atoms with Crippen LogP contribution in [0.1, 0.15) is 75.8 Å². The zero-order valence-corrected chi connectivity index (χ0v) is 20.8. The van der Waals surface area contributed by atoms with Crippen molar-refractivity contribution in [2.45, 2.75) is 94.2 Å². The number of nitrogens with zero attached hydrogens (tertiary/aromatic N) is 1. The van der Waals surface area contributed by atoms with E-state index in [-0.39, 0.29) is 11.9 Å². The highest BCUT2D eigenvalue weighted by atomic mass is 16.5. The minimum atomic E-state index is -1.02. The van der Waals surface area contributed by atoms with E-state index < -0.39 is 22.6 Å². The van der Waals surface area contributed by atoms with Crippen LogP contribution in [-0.4, -0.2) is 59.3 Å². The quantitative estimate of drug-likeness (QED) is 0.588. The van der Waals surface area contributed by atoms with Gasteiger partial charge in [-0.25, -0.2) is 4.79 Å². The van der Waals surface area contributed by atoms with Crippen molar-refractivity contribution < 1.29 is 19.4 Å². The van der Waals surface area contributed by atoms with Crippen LogP contribution in [0.15, 0.2) is 18.2 Å². The van der Waals surface area contributed by atoms with Gasteiger partial charge < -0.3 is 15.2 Å². The molecule has 1 spiro atoms. The van der Waals surface area contributed by atoms with Crippen molar-refractivity contribution in [2.75, 3.05) is 20.2 Å². The fraction of sp³-hybridized carbons (Fsp3) is 0.704. The van der Waals surface area contributed by atoms with Crippen LogP contribution < -0.4 is 15.4 Å². The van der Waals surface area contributed by atoms with E-state index in [9.17, 15) is 14.7 Å². The topological polar surface area (TPSA) is 90.9 Å². The van der Waals surface area contributed by atoms with Crippen molar-refractivity contribution in [2.24, 2.45) is 5.92 Å². The summed E-state index contributed by atoms with van der Waals surface area (Å²) in [4.78, 5) is 27.7. The Kier molecular flexibility index (Phi) is 5.92. The maximum atomic E-state index is 13.0. The number of methoxy groups -OCH3 is 1. The lowest BCUT2D eigenvalue weighted by Crippen LogP contribution is -2.73. The average Bonchev–Trinajstić information content (AvgIpc) is 3.10. The molecular weight excluding hydrogens is 430 g/mol. The van der Waals surface area contributed by atoms with Gasteiger partial charge in [0.15, 0.2) is 0 Å². The molecule has 7 heteroatoms. The summed E-state index contributed by atoms with van der Waals surface area (Å²) >= 11 is 0. The number of carbonyl (C=O) groups is 2. The Morgan fingerprint density at radius 3 is 2.59 bits per heavy atom.